The molecule has 0 radical (unpaired) electrons. The summed E-state index contributed by atoms with van der Waals surface area (Å²) in [6.07, 6.45) is 7.70. The summed E-state index contributed by atoms with van der Waals surface area (Å²) < 4.78 is 0. The zero-order chi connectivity index (χ0) is 12.8. The van der Waals surface area contributed by atoms with Gasteiger partial charge in [0, 0.05) is 6.54 Å². The molecule has 0 saturated heterocycles. The van der Waals surface area contributed by atoms with E-state index in [4.69, 9.17) is 0 Å². The van der Waals surface area contributed by atoms with E-state index >= 15 is 0 Å². The molecule has 0 unspecified atom stereocenters. The summed E-state index contributed by atoms with van der Waals surface area (Å²) in [4.78, 5) is 0. The van der Waals surface area contributed by atoms with Crippen molar-refractivity contribution in [2.75, 3.05) is 17.2 Å². The van der Waals surface area contributed by atoms with Crippen molar-refractivity contribution >= 4 is 11.4 Å². The van der Waals surface area contributed by atoms with Gasteiger partial charge in [-0.25, -0.2) is 0 Å². The zero-order valence-corrected chi connectivity index (χ0v) is 11.8. The third-order valence-corrected chi connectivity index (χ3v) is 3.96. The van der Waals surface area contributed by atoms with Crippen LogP contribution in [0.1, 0.15) is 52.4 Å². The monoisotopic (exact) mass is 246 g/mol. The molecule has 2 heteroatoms. The van der Waals surface area contributed by atoms with Crippen molar-refractivity contribution < 1.29 is 0 Å². The highest BCUT2D eigenvalue weighted by molar-refractivity contribution is 5.72. The molecule has 0 spiro atoms. The number of benzene rings is 1. The molecule has 1 aliphatic rings. The van der Waals surface area contributed by atoms with Crippen LogP contribution in [-0.2, 0) is 0 Å². The molecule has 0 aromatic heterocycles. The predicted molar refractivity (Wildman–Crippen MR) is 80.3 cm³/mol. The van der Waals surface area contributed by atoms with Gasteiger partial charge in [0.2, 0.25) is 0 Å². The van der Waals surface area contributed by atoms with Crippen molar-refractivity contribution in [3.63, 3.8) is 0 Å². The van der Waals surface area contributed by atoms with E-state index < -0.39 is 0 Å². The lowest BCUT2D eigenvalue weighted by molar-refractivity contribution is 0.388. The molecule has 0 saturated carbocycles. The molecular formula is C16H26N2. The molecule has 0 atom stereocenters. The highest BCUT2D eigenvalue weighted by atomic mass is 15.1. The first-order valence-electron chi connectivity index (χ1n) is 7.41. The van der Waals surface area contributed by atoms with Crippen molar-refractivity contribution in [1.82, 2.24) is 0 Å². The van der Waals surface area contributed by atoms with E-state index in [1.807, 2.05) is 0 Å². The lowest BCUT2D eigenvalue weighted by Crippen LogP contribution is -2.47. The van der Waals surface area contributed by atoms with Gasteiger partial charge in [-0.2, -0.15) is 0 Å². The Morgan fingerprint density at radius 1 is 1.00 bits per heavy atom. The average Bonchev–Trinajstić information content (AvgIpc) is 2.43. The Morgan fingerprint density at radius 2 is 1.61 bits per heavy atom. The van der Waals surface area contributed by atoms with Gasteiger partial charge >= 0.3 is 0 Å². The van der Waals surface area contributed by atoms with E-state index in [2.05, 4.69) is 48.7 Å². The van der Waals surface area contributed by atoms with E-state index in [0.717, 1.165) is 6.54 Å². The molecule has 2 rings (SSSR count). The smallest absolute Gasteiger partial charge is 0.0580 e. The summed E-state index contributed by atoms with van der Waals surface area (Å²) in [6.45, 7) is 5.61. The molecule has 1 aliphatic heterocycles. The van der Waals surface area contributed by atoms with Gasteiger partial charge in [-0.1, -0.05) is 51.7 Å². The minimum Gasteiger partial charge on any atom is -0.381 e. The Hall–Kier alpha value is -1.18. The van der Waals surface area contributed by atoms with Gasteiger partial charge < -0.3 is 10.6 Å². The SMILES string of the molecule is CCCCC1(CCCC)CNc2ccccc2N1. The van der Waals surface area contributed by atoms with Gasteiger partial charge in [0.05, 0.1) is 16.9 Å². The zero-order valence-electron chi connectivity index (χ0n) is 11.8. The van der Waals surface area contributed by atoms with Gasteiger partial charge in [0.25, 0.3) is 0 Å². The normalized spacial score (nSPS) is 16.6. The third-order valence-electron chi connectivity index (χ3n) is 3.96. The Bertz CT molecular complexity index is 365. The Morgan fingerprint density at radius 3 is 2.22 bits per heavy atom. The first-order chi connectivity index (χ1) is 8.79. The van der Waals surface area contributed by atoms with E-state index in [1.54, 1.807) is 0 Å². The Balaban J connectivity index is 2.11. The van der Waals surface area contributed by atoms with Crippen molar-refractivity contribution in [3.8, 4) is 0 Å². The Labute approximate surface area is 111 Å². The average molecular weight is 246 g/mol. The van der Waals surface area contributed by atoms with Crippen LogP contribution in [-0.4, -0.2) is 12.1 Å². The quantitative estimate of drug-likeness (QED) is 0.764. The maximum Gasteiger partial charge on any atom is 0.0580 e. The lowest BCUT2D eigenvalue weighted by atomic mass is 9.85. The molecule has 2 N–H and O–H groups in total. The number of fused-ring (bicyclic) bond motifs is 1. The molecule has 1 aromatic rings. The van der Waals surface area contributed by atoms with Crippen molar-refractivity contribution in [2.45, 2.75) is 57.9 Å². The fourth-order valence-corrected chi connectivity index (χ4v) is 2.80. The number of nitrogens with one attached hydrogen (secondary N) is 2. The summed E-state index contributed by atoms with van der Waals surface area (Å²) in [5.74, 6) is 0. The van der Waals surface area contributed by atoms with Crippen molar-refractivity contribution in [2.24, 2.45) is 0 Å². The van der Waals surface area contributed by atoms with Gasteiger partial charge in [-0.05, 0) is 25.0 Å². The van der Waals surface area contributed by atoms with Crippen LogP contribution in [0.3, 0.4) is 0 Å². The molecule has 2 nitrogen and oxygen atoms in total. The summed E-state index contributed by atoms with van der Waals surface area (Å²) in [6, 6.07) is 8.56. The van der Waals surface area contributed by atoms with E-state index in [-0.39, 0.29) is 5.54 Å². The van der Waals surface area contributed by atoms with E-state index in [9.17, 15) is 0 Å². The fraction of sp³-hybridized carbons (Fsp3) is 0.625. The van der Waals surface area contributed by atoms with Crippen LogP contribution in [0.25, 0.3) is 0 Å². The van der Waals surface area contributed by atoms with Crippen LogP contribution < -0.4 is 10.6 Å². The standard InChI is InChI=1S/C16H26N2/c1-3-5-11-16(12-6-4-2)13-17-14-9-7-8-10-15(14)18-16/h7-10,17-18H,3-6,11-13H2,1-2H3. The summed E-state index contributed by atoms with van der Waals surface area (Å²) in [7, 11) is 0. The second-order valence-corrected chi connectivity index (χ2v) is 5.51. The molecule has 0 amide bonds. The molecule has 0 bridgehead atoms. The lowest BCUT2D eigenvalue weighted by Gasteiger charge is -2.41. The van der Waals surface area contributed by atoms with Crippen LogP contribution in [0.5, 0.6) is 0 Å². The maximum absolute atomic E-state index is 3.82. The first-order valence-corrected chi connectivity index (χ1v) is 7.41. The largest absolute Gasteiger partial charge is 0.381 e. The molecule has 0 fully saturated rings. The van der Waals surface area contributed by atoms with Gasteiger partial charge in [0.15, 0.2) is 0 Å². The fourth-order valence-electron chi connectivity index (χ4n) is 2.80. The number of rotatable bonds is 6. The number of anilines is 2. The molecule has 0 aliphatic carbocycles. The minimum absolute atomic E-state index is 0.264. The van der Waals surface area contributed by atoms with Gasteiger partial charge in [-0.15, -0.1) is 0 Å². The highest BCUT2D eigenvalue weighted by Crippen LogP contribution is 2.35. The van der Waals surface area contributed by atoms with Gasteiger partial charge in [0.1, 0.15) is 0 Å². The van der Waals surface area contributed by atoms with Crippen molar-refractivity contribution in [1.29, 1.82) is 0 Å². The van der Waals surface area contributed by atoms with E-state index in [0.29, 0.717) is 0 Å². The molecule has 18 heavy (non-hydrogen) atoms. The van der Waals surface area contributed by atoms with Gasteiger partial charge in [-0.3, -0.25) is 0 Å². The minimum atomic E-state index is 0.264. The van der Waals surface area contributed by atoms with Crippen LogP contribution in [0.15, 0.2) is 24.3 Å². The van der Waals surface area contributed by atoms with Crippen molar-refractivity contribution in [3.05, 3.63) is 24.3 Å². The predicted octanol–water partition coefficient (Wildman–Crippen LogP) is 4.64. The number of unbranched alkanes of at least 4 members (excludes halogenated alkanes) is 2. The molecule has 1 aromatic carbocycles. The third kappa shape index (κ3) is 2.98. The maximum atomic E-state index is 3.82. The summed E-state index contributed by atoms with van der Waals surface area (Å²) >= 11 is 0. The number of hydrogen-bond acceptors (Lipinski definition) is 2. The van der Waals surface area contributed by atoms with Crippen LogP contribution in [0, 0.1) is 0 Å². The number of hydrogen-bond donors (Lipinski definition) is 2. The number of para-hydroxylation sites is 2. The second-order valence-electron chi connectivity index (χ2n) is 5.51. The molecular weight excluding hydrogens is 220 g/mol. The molecule has 100 valence electrons. The second kappa shape index (κ2) is 6.12. The first kappa shape index (κ1) is 13.3. The van der Waals surface area contributed by atoms with Crippen LogP contribution >= 0.6 is 0 Å². The summed E-state index contributed by atoms with van der Waals surface area (Å²) in [5, 5.41) is 7.43. The highest BCUT2D eigenvalue weighted by Gasteiger charge is 2.32. The Kier molecular flexibility index (Phi) is 4.51. The topological polar surface area (TPSA) is 24.1 Å². The molecule has 1 heterocycles. The van der Waals surface area contributed by atoms with Crippen LogP contribution in [0.2, 0.25) is 0 Å². The van der Waals surface area contributed by atoms with E-state index in [1.165, 1.54) is 49.9 Å². The van der Waals surface area contributed by atoms with Crippen LogP contribution in [0.4, 0.5) is 11.4 Å². The summed E-state index contributed by atoms with van der Waals surface area (Å²) in [5.41, 5.74) is 2.79.